The van der Waals surface area contributed by atoms with Crippen LogP contribution in [0.2, 0.25) is 0 Å². The fourth-order valence-electron chi connectivity index (χ4n) is 2.43. The molecule has 1 fully saturated rings. The minimum atomic E-state index is -0.593. The molecule has 1 aliphatic rings. The van der Waals surface area contributed by atoms with Gasteiger partial charge in [-0.05, 0) is 38.5 Å². The van der Waals surface area contributed by atoms with Gasteiger partial charge in [0.15, 0.2) is 0 Å². The number of amides is 1. The monoisotopic (exact) mass is 240 g/mol. The van der Waals surface area contributed by atoms with Gasteiger partial charge in [0, 0.05) is 6.04 Å². The average molecular weight is 240 g/mol. The highest BCUT2D eigenvalue weighted by molar-refractivity contribution is 5.86. The number of hydrogen-bond acceptors (Lipinski definition) is 2. The van der Waals surface area contributed by atoms with Crippen molar-refractivity contribution < 1.29 is 4.79 Å². The van der Waals surface area contributed by atoms with Crippen molar-refractivity contribution >= 4 is 5.91 Å². The van der Waals surface area contributed by atoms with E-state index in [1.54, 1.807) is 0 Å². The molecule has 0 heterocycles. The molecular formula is C14H28N2O. The third-order valence-corrected chi connectivity index (χ3v) is 3.75. The summed E-state index contributed by atoms with van der Waals surface area (Å²) >= 11 is 0. The number of carbonyl (C=O) groups is 1. The van der Waals surface area contributed by atoms with Crippen molar-refractivity contribution in [3.8, 4) is 0 Å². The van der Waals surface area contributed by atoms with E-state index in [4.69, 9.17) is 5.73 Å². The molecule has 0 aliphatic heterocycles. The highest BCUT2D eigenvalue weighted by atomic mass is 16.2. The molecule has 1 amide bonds. The molecule has 1 unspecified atom stereocenters. The first-order valence-corrected chi connectivity index (χ1v) is 7.04. The molecule has 3 nitrogen and oxygen atoms in total. The largest absolute Gasteiger partial charge is 0.352 e. The summed E-state index contributed by atoms with van der Waals surface area (Å²) in [5.74, 6) is 0.754. The Kier molecular flexibility index (Phi) is 5.44. The lowest BCUT2D eigenvalue weighted by atomic mass is 9.81. The van der Waals surface area contributed by atoms with Crippen LogP contribution in [-0.2, 0) is 4.79 Å². The summed E-state index contributed by atoms with van der Waals surface area (Å²) in [5, 5.41) is 3.08. The normalized spacial score (nSPS) is 21.2. The maximum Gasteiger partial charge on any atom is 0.240 e. The molecular weight excluding hydrogens is 212 g/mol. The summed E-state index contributed by atoms with van der Waals surface area (Å²) < 4.78 is 0. The quantitative estimate of drug-likeness (QED) is 0.776. The number of carbonyl (C=O) groups excluding carboxylic acids is 1. The summed E-state index contributed by atoms with van der Waals surface area (Å²) in [7, 11) is 0. The predicted octanol–water partition coefficient (Wildman–Crippen LogP) is 2.59. The molecule has 100 valence electrons. The van der Waals surface area contributed by atoms with Crippen molar-refractivity contribution in [3.63, 3.8) is 0 Å². The second kappa shape index (κ2) is 6.39. The van der Waals surface area contributed by atoms with Crippen LogP contribution >= 0.6 is 0 Å². The first-order valence-electron chi connectivity index (χ1n) is 7.04. The van der Waals surface area contributed by atoms with E-state index in [-0.39, 0.29) is 11.9 Å². The molecule has 1 aliphatic carbocycles. The van der Waals surface area contributed by atoms with Gasteiger partial charge < -0.3 is 11.1 Å². The summed E-state index contributed by atoms with van der Waals surface area (Å²) in [6, 6.07) is 0.243. The van der Waals surface area contributed by atoms with Crippen LogP contribution in [-0.4, -0.2) is 17.5 Å². The highest BCUT2D eigenvalue weighted by Crippen LogP contribution is 2.26. The van der Waals surface area contributed by atoms with Crippen LogP contribution in [0.25, 0.3) is 0 Å². The van der Waals surface area contributed by atoms with Gasteiger partial charge in [-0.1, -0.05) is 33.1 Å². The lowest BCUT2D eigenvalue weighted by molar-refractivity contribution is -0.128. The first-order chi connectivity index (χ1) is 7.94. The van der Waals surface area contributed by atoms with E-state index in [9.17, 15) is 4.79 Å². The van der Waals surface area contributed by atoms with E-state index in [1.165, 1.54) is 6.42 Å². The zero-order valence-corrected chi connectivity index (χ0v) is 11.6. The number of nitrogens with two attached hydrogens (primary N) is 1. The van der Waals surface area contributed by atoms with E-state index in [1.807, 2.05) is 0 Å². The van der Waals surface area contributed by atoms with E-state index >= 15 is 0 Å². The molecule has 3 heteroatoms. The van der Waals surface area contributed by atoms with Gasteiger partial charge in [0.25, 0.3) is 0 Å². The Balaban J connectivity index is 2.36. The Bertz CT molecular complexity index is 245. The molecule has 0 aromatic rings. The van der Waals surface area contributed by atoms with Crippen molar-refractivity contribution in [1.82, 2.24) is 5.32 Å². The van der Waals surface area contributed by atoms with Gasteiger partial charge in [0.05, 0.1) is 5.54 Å². The van der Waals surface area contributed by atoms with Crippen molar-refractivity contribution in [2.24, 2.45) is 11.7 Å². The van der Waals surface area contributed by atoms with Gasteiger partial charge in [-0.25, -0.2) is 0 Å². The average Bonchev–Trinajstić information content (AvgIpc) is 2.27. The molecule has 0 aromatic heterocycles. The fraction of sp³-hybridized carbons (Fsp3) is 0.929. The third kappa shape index (κ3) is 4.66. The highest BCUT2D eigenvalue weighted by Gasteiger charge is 2.35. The zero-order valence-electron chi connectivity index (χ0n) is 11.6. The molecule has 17 heavy (non-hydrogen) atoms. The SMILES string of the molecule is CC(C)CCC(C)NC(=O)C1(N)CCCCC1. The lowest BCUT2D eigenvalue weighted by Gasteiger charge is -2.33. The molecule has 1 rings (SSSR count). The Hall–Kier alpha value is -0.570. The maximum atomic E-state index is 12.1. The molecule has 3 N–H and O–H groups in total. The Labute approximate surface area is 106 Å². The van der Waals surface area contributed by atoms with Gasteiger partial charge in [-0.2, -0.15) is 0 Å². The van der Waals surface area contributed by atoms with Gasteiger partial charge >= 0.3 is 0 Å². The third-order valence-electron chi connectivity index (χ3n) is 3.75. The molecule has 0 radical (unpaired) electrons. The van der Waals surface area contributed by atoms with Crippen molar-refractivity contribution in [3.05, 3.63) is 0 Å². The molecule has 0 bridgehead atoms. The minimum Gasteiger partial charge on any atom is -0.352 e. The second-order valence-electron chi connectivity index (χ2n) is 6.06. The van der Waals surface area contributed by atoms with Crippen molar-refractivity contribution in [2.45, 2.75) is 77.3 Å². The number of rotatable bonds is 5. The Morgan fingerprint density at radius 2 is 1.76 bits per heavy atom. The Morgan fingerprint density at radius 3 is 2.29 bits per heavy atom. The zero-order chi connectivity index (χ0) is 12.9. The molecule has 0 saturated heterocycles. The topological polar surface area (TPSA) is 55.1 Å². The molecule has 1 saturated carbocycles. The first kappa shape index (κ1) is 14.5. The standard InChI is InChI=1S/C14H28N2O/c1-11(2)7-8-12(3)16-13(17)14(15)9-5-4-6-10-14/h11-12H,4-10,15H2,1-3H3,(H,16,17). The van der Waals surface area contributed by atoms with Crippen LogP contribution in [0.15, 0.2) is 0 Å². The van der Waals surface area contributed by atoms with Crippen LogP contribution in [0.3, 0.4) is 0 Å². The van der Waals surface area contributed by atoms with Gasteiger partial charge in [0.2, 0.25) is 5.91 Å². The Morgan fingerprint density at radius 1 is 1.18 bits per heavy atom. The summed E-state index contributed by atoms with van der Waals surface area (Å²) in [6.45, 7) is 6.49. The number of nitrogens with one attached hydrogen (secondary N) is 1. The minimum absolute atomic E-state index is 0.0634. The maximum absolute atomic E-state index is 12.1. The summed E-state index contributed by atoms with van der Waals surface area (Å²) in [5.41, 5.74) is 5.60. The second-order valence-corrected chi connectivity index (χ2v) is 6.06. The van der Waals surface area contributed by atoms with Gasteiger partial charge in [-0.15, -0.1) is 0 Å². The summed E-state index contributed by atoms with van der Waals surface area (Å²) in [6.07, 6.45) is 7.27. The van der Waals surface area contributed by atoms with Crippen LogP contribution in [0.1, 0.15) is 65.7 Å². The van der Waals surface area contributed by atoms with E-state index in [0.717, 1.165) is 38.5 Å². The molecule has 1 atom stereocenters. The predicted molar refractivity (Wildman–Crippen MR) is 71.7 cm³/mol. The van der Waals surface area contributed by atoms with E-state index in [2.05, 4.69) is 26.1 Å². The van der Waals surface area contributed by atoms with Gasteiger partial charge in [-0.3, -0.25) is 4.79 Å². The molecule has 0 aromatic carbocycles. The number of hydrogen-bond donors (Lipinski definition) is 2. The summed E-state index contributed by atoms with van der Waals surface area (Å²) in [4.78, 5) is 12.1. The van der Waals surface area contributed by atoms with Crippen LogP contribution in [0.5, 0.6) is 0 Å². The van der Waals surface area contributed by atoms with Crippen LogP contribution in [0, 0.1) is 5.92 Å². The molecule has 0 spiro atoms. The van der Waals surface area contributed by atoms with Crippen LogP contribution < -0.4 is 11.1 Å². The van der Waals surface area contributed by atoms with Crippen LogP contribution in [0.4, 0.5) is 0 Å². The smallest absolute Gasteiger partial charge is 0.240 e. The van der Waals surface area contributed by atoms with E-state index < -0.39 is 5.54 Å². The van der Waals surface area contributed by atoms with E-state index in [0.29, 0.717) is 5.92 Å². The van der Waals surface area contributed by atoms with Gasteiger partial charge in [0.1, 0.15) is 0 Å². The fourth-order valence-corrected chi connectivity index (χ4v) is 2.43. The lowest BCUT2D eigenvalue weighted by Crippen LogP contribution is -2.56. The van der Waals surface area contributed by atoms with Crippen molar-refractivity contribution in [2.75, 3.05) is 0 Å². The van der Waals surface area contributed by atoms with Crippen molar-refractivity contribution in [1.29, 1.82) is 0 Å².